The van der Waals surface area contributed by atoms with Crippen LogP contribution in [0.5, 0.6) is 0 Å². The van der Waals surface area contributed by atoms with Crippen LogP contribution in [0.25, 0.3) is 0 Å². The van der Waals surface area contributed by atoms with Gasteiger partial charge in [-0.15, -0.1) is 4.91 Å². The van der Waals surface area contributed by atoms with E-state index in [1.54, 1.807) is 0 Å². The van der Waals surface area contributed by atoms with Gasteiger partial charge in [0, 0.05) is 0 Å². The summed E-state index contributed by atoms with van der Waals surface area (Å²) in [5.74, 6) is 0. The summed E-state index contributed by atoms with van der Waals surface area (Å²) in [4.78, 5) is 8.11. The van der Waals surface area contributed by atoms with Crippen LogP contribution in [0.4, 0.5) is 0 Å². The molecule has 0 radical (unpaired) electrons. The van der Waals surface area contributed by atoms with Crippen LogP contribution in [0.3, 0.4) is 0 Å². The topological polar surface area (TPSA) is 49.7 Å². The normalized spacial score (nSPS) is 2.40. The molecule has 22 valence electrons. The summed E-state index contributed by atoms with van der Waals surface area (Å²) in [6.45, 7) is 0. The van der Waals surface area contributed by atoms with Gasteiger partial charge in [-0.05, 0) is 0 Å². The number of rotatable bonds is 0. The van der Waals surface area contributed by atoms with Crippen molar-refractivity contribution in [2.75, 3.05) is 0 Å². The van der Waals surface area contributed by atoms with E-state index >= 15 is 0 Å². The van der Waals surface area contributed by atoms with E-state index in [2.05, 4.69) is 0 Å². The van der Waals surface area contributed by atoms with Gasteiger partial charge in [0.25, 0.3) is 0 Å². The number of hydrogen-bond donors (Lipinski definition) is 1. The summed E-state index contributed by atoms with van der Waals surface area (Å²) < 4.78 is 0. The minimum absolute atomic E-state index is 0. The first-order chi connectivity index (χ1) is 1.41. The summed E-state index contributed by atoms with van der Waals surface area (Å²) >= 11 is 0. The van der Waals surface area contributed by atoms with Crippen LogP contribution >= 0.6 is 0 Å². The molecule has 0 heterocycles. The molecule has 0 saturated heterocycles. The van der Waals surface area contributed by atoms with Gasteiger partial charge in [0.15, 0.2) is 5.34 Å². The first-order valence-corrected chi connectivity index (χ1v) is 0.383. The van der Waals surface area contributed by atoms with Gasteiger partial charge < -0.3 is 5.21 Å². The number of nitrogens with zero attached hydrogens (tertiary/aromatic N) is 1. The van der Waals surface area contributed by atoms with Crippen molar-refractivity contribution in [1.82, 2.24) is 0 Å². The van der Waals surface area contributed by atoms with Crippen molar-refractivity contribution in [2.45, 2.75) is 0 Å². The van der Waals surface area contributed by atoms with E-state index < -0.39 is 0 Å². The quantitative estimate of drug-likeness (QED) is 0.234. The average molecular weight is 95.0 g/mol. The second-order valence-electron chi connectivity index (χ2n) is 0.0816. The molecular formula is H3NNa2O2. The Labute approximate surface area is 73.6 Å². The van der Waals surface area contributed by atoms with Gasteiger partial charge in [-0.3, -0.25) is 0 Å². The van der Waals surface area contributed by atoms with Crippen molar-refractivity contribution in [2.24, 2.45) is 5.34 Å². The Hall–Kier alpha value is 1.40. The molecule has 0 atom stereocenters. The van der Waals surface area contributed by atoms with Crippen molar-refractivity contribution in [3.8, 4) is 0 Å². The van der Waals surface area contributed by atoms with Crippen molar-refractivity contribution in [1.29, 1.82) is 0 Å². The third-order valence-corrected chi connectivity index (χ3v) is 0. The van der Waals surface area contributed by atoms with Crippen LogP contribution in [-0.4, -0.2) is 64.3 Å². The van der Waals surface area contributed by atoms with Crippen LogP contribution in [0.2, 0.25) is 0 Å². The SMILES string of the molecule is O=NO.[NaH].[NaH]. The minimum atomic E-state index is 0. The molecule has 0 unspecified atom stereocenters. The molecule has 0 spiro atoms. The maximum absolute atomic E-state index is 8.11. The van der Waals surface area contributed by atoms with Gasteiger partial charge in [0.2, 0.25) is 0 Å². The van der Waals surface area contributed by atoms with E-state index in [0.29, 0.717) is 0 Å². The second kappa shape index (κ2) is 18.2. The molecule has 0 amide bonds. The fourth-order valence-corrected chi connectivity index (χ4v) is 0. The van der Waals surface area contributed by atoms with Gasteiger partial charge in [-0.2, -0.15) is 0 Å². The summed E-state index contributed by atoms with van der Waals surface area (Å²) in [6, 6.07) is 0. The second-order valence-corrected chi connectivity index (χ2v) is 0.0816. The predicted molar refractivity (Wildman–Crippen MR) is 21.9 cm³/mol. The van der Waals surface area contributed by atoms with Crippen molar-refractivity contribution >= 4 is 59.1 Å². The van der Waals surface area contributed by atoms with Crippen molar-refractivity contribution in [3.63, 3.8) is 0 Å². The van der Waals surface area contributed by atoms with E-state index in [1.165, 1.54) is 5.34 Å². The molecule has 0 aliphatic rings. The first-order valence-electron chi connectivity index (χ1n) is 0.383. The molecular weight excluding hydrogens is 92.0 g/mol. The summed E-state index contributed by atoms with van der Waals surface area (Å²) in [7, 11) is 0. The van der Waals surface area contributed by atoms with Crippen LogP contribution in [0.15, 0.2) is 5.34 Å². The first kappa shape index (κ1) is 16.1. The molecule has 3 nitrogen and oxygen atoms in total. The van der Waals surface area contributed by atoms with E-state index in [9.17, 15) is 0 Å². The van der Waals surface area contributed by atoms with E-state index in [-0.39, 0.29) is 59.1 Å². The molecule has 0 aromatic carbocycles. The molecule has 0 saturated carbocycles. The van der Waals surface area contributed by atoms with Crippen LogP contribution in [-0.2, 0) is 0 Å². The summed E-state index contributed by atoms with van der Waals surface area (Å²) in [6.07, 6.45) is 0. The van der Waals surface area contributed by atoms with Crippen molar-refractivity contribution in [3.05, 3.63) is 4.91 Å². The number of hydrogen-bond acceptors (Lipinski definition) is 2. The third-order valence-electron chi connectivity index (χ3n) is 0. The Morgan fingerprint density at radius 2 is 1.40 bits per heavy atom. The zero-order chi connectivity index (χ0) is 2.71. The molecule has 0 fully saturated rings. The molecule has 0 aliphatic carbocycles. The molecule has 1 N–H and O–H groups in total. The zero-order valence-electron chi connectivity index (χ0n) is 1.30. The maximum atomic E-state index is 8.11. The van der Waals surface area contributed by atoms with E-state index in [4.69, 9.17) is 10.1 Å². The van der Waals surface area contributed by atoms with Crippen LogP contribution in [0, 0.1) is 4.91 Å². The molecule has 0 aromatic rings. The van der Waals surface area contributed by atoms with Crippen molar-refractivity contribution < 1.29 is 5.21 Å². The Morgan fingerprint density at radius 1 is 1.40 bits per heavy atom. The molecule has 5 heteroatoms. The summed E-state index contributed by atoms with van der Waals surface area (Å²) in [5, 5.41) is 7.89. The van der Waals surface area contributed by atoms with E-state index in [0.717, 1.165) is 0 Å². The summed E-state index contributed by atoms with van der Waals surface area (Å²) in [5.41, 5.74) is 0. The van der Waals surface area contributed by atoms with Gasteiger partial charge in [0.1, 0.15) is 0 Å². The van der Waals surface area contributed by atoms with Gasteiger partial charge >= 0.3 is 59.1 Å². The molecule has 0 bridgehead atoms. The molecule has 0 aliphatic heterocycles. The van der Waals surface area contributed by atoms with Gasteiger partial charge in [0.05, 0.1) is 0 Å². The van der Waals surface area contributed by atoms with Gasteiger partial charge in [-0.25, -0.2) is 0 Å². The van der Waals surface area contributed by atoms with Crippen LogP contribution < -0.4 is 0 Å². The Kier molecular flexibility index (Phi) is 58.6. The molecule has 0 rings (SSSR count). The average Bonchev–Trinajstić information content (AvgIpc) is 0.918. The standard InChI is InChI=1S/HNO2.2Na.2H/c2-1-3;;;;/h(H,2,3);;;;. The Balaban J connectivity index is -0.0000000200. The zero-order valence-corrected chi connectivity index (χ0v) is 1.30. The Morgan fingerprint density at radius 3 is 1.40 bits per heavy atom. The Bertz CT molecular complexity index is 15.1. The third kappa shape index (κ3) is 31.8. The van der Waals surface area contributed by atoms with E-state index in [1.807, 2.05) is 0 Å². The fourth-order valence-electron chi connectivity index (χ4n) is 0. The fraction of sp³-hybridized carbons (Fsp3) is 0. The molecule has 0 aromatic heterocycles. The molecule has 5 heavy (non-hydrogen) atoms. The van der Waals surface area contributed by atoms with Crippen LogP contribution in [0.1, 0.15) is 0 Å². The van der Waals surface area contributed by atoms with Gasteiger partial charge in [-0.1, -0.05) is 0 Å². The monoisotopic (exact) mass is 95.0 g/mol. The predicted octanol–water partition coefficient (Wildman–Crippen LogP) is -1.16.